The van der Waals surface area contributed by atoms with Gasteiger partial charge >= 0.3 is 0 Å². The fourth-order valence-corrected chi connectivity index (χ4v) is 1.77. The van der Waals surface area contributed by atoms with E-state index in [4.69, 9.17) is 0 Å². The van der Waals surface area contributed by atoms with E-state index < -0.39 is 10.7 Å². The Morgan fingerprint density at radius 1 is 1.53 bits per heavy atom. The van der Waals surface area contributed by atoms with E-state index in [-0.39, 0.29) is 17.1 Å². The van der Waals surface area contributed by atoms with E-state index in [1.54, 1.807) is 0 Å². The lowest BCUT2D eigenvalue weighted by atomic mass is 10.0. The zero-order chi connectivity index (χ0) is 12.6. The van der Waals surface area contributed by atoms with Crippen molar-refractivity contribution in [3.8, 4) is 0 Å². The normalized spacial score (nSPS) is 18.5. The maximum Gasteiger partial charge on any atom is 0.272 e. The zero-order valence-electron chi connectivity index (χ0n) is 9.87. The lowest BCUT2D eigenvalue weighted by molar-refractivity contribution is -0.385. The molecule has 1 aromatic carbocycles. The van der Waals surface area contributed by atoms with Crippen molar-refractivity contribution < 1.29 is 9.31 Å². The topological polar surface area (TPSA) is 55.2 Å². The van der Waals surface area contributed by atoms with E-state index >= 15 is 0 Å². The number of nitro groups is 1. The van der Waals surface area contributed by atoms with Crippen LogP contribution in [0.5, 0.6) is 0 Å². The van der Waals surface area contributed by atoms with Gasteiger partial charge in [-0.3, -0.25) is 10.1 Å². The van der Waals surface area contributed by atoms with Gasteiger partial charge in [-0.15, -0.1) is 0 Å². The lowest BCUT2D eigenvalue weighted by Gasteiger charge is -2.21. The van der Waals surface area contributed by atoms with Crippen molar-refractivity contribution in [1.29, 1.82) is 0 Å². The van der Waals surface area contributed by atoms with Gasteiger partial charge in [-0.1, -0.05) is 6.92 Å². The third kappa shape index (κ3) is 2.38. The lowest BCUT2D eigenvalue weighted by Crippen LogP contribution is -2.25. The van der Waals surface area contributed by atoms with Crippen LogP contribution in [0.1, 0.15) is 26.7 Å². The molecule has 1 aliphatic carbocycles. The Balaban J connectivity index is 2.14. The molecule has 5 heteroatoms. The highest BCUT2D eigenvalue weighted by atomic mass is 19.1. The first-order valence-corrected chi connectivity index (χ1v) is 5.63. The van der Waals surface area contributed by atoms with Crippen molar-refractivity contribution in [2.75, 3.05) is 5.32 Å². The quantitative estimate of drug-likeness (QED) is 0.646. The number of rotatable bonds is 4. The minimum atomic E-state index is -0.599. The SMILES string of the molecule is CC(Nc1ccc([N+](=O)[O-])cc1F)C1(C)CC1. The summed E-state index contributed by atoms with van der Waals surface area (Å²) in [5.41, 5.74) is 0.336. The molecule has 0 heterocycles. The Morgan fingerprint density at radius 3 is 2.65 bits per heavy atom. The minimum absolute atomic E-state index is 0.165. The number of hydrogen-bond donors (Lipinski definition) is 1. The van der Waals surface area contributed by atoms with Gasteiger partial charge in [0.1, 0.15) is 0 Å². The van der Waals surface area contributed by atoms with Crippen LogP contribution in [0.25, 0.3) is 0 Å². The second-order valence-corrected chi connectivity index (χ2v) is 4.94. The van der Waals surface area contributed by atoms with Crippen LogP contribution in [-0.4, -0.2) is 11.0 Å². The number of nitro benzene ring substituents is 1. The number of nitrogens with zero attached hydrogens (tertiary/aromatic N) is 1. The molecule has 0 amide bonds. The Hall–Kier alpha value is -1.65. The predicted molar refractivity (Wildman–Crippen MR) is 63.5 cm³/mol. The zero-order valence-corrected chi connectivity index (χ0v) is 9.87. The first-order chi connectivity index (χ1) is 7.92. The Bertz CT molecular complexity index is 458. The molecule has 4 nitrogen and oxygen atoms in total. The molecule has 17 heavy (non-hydrogen) atoms. The summed E-state index contributed by atoms with van der Waals surface area (Å²) in [5, 5.41) is 13.6. The first kappa shape index (κ1) is 11.8. The molecule has 0 saturated heterocycles. The van der Waals surface area contributed by atoms with E-state index in [0.29, 0.717) is 5.69 Å². The number of anilines is 1. The molecule has 0 bridgehead atoms. The number of non-ortho nitro benzene ring substituents is 1. The fraction of sp³-hybridized carbons (Fsp3) is 0.500. The van der Waals surface area contributed by atoms with Crippen LogP contribution in [0.2, 0.25) is 0 Å². The van der Waals surface area contributed by atoms with E-state index in [1.165, 1.54) is 12.1 Å². The number of hydrogen-bond acceptors (Lipinski definition) is 3. The molecular formula is C12H15FN2O2. The van der Waals surface area contributed by atoms with Crippen molar-refractivity contribution in [2.45, 2.75) is 32.7 Å². The summed E-state index contributed by atoms with van der Waals surface area (Å²) in [6, 6.07) is 3.85. The third-order valence-corrected chi connectivity index (χ3v) is 3.62. The molecule has 0 radical (unpaired) electrons. The van der Waals surface area contributed by atoms with Gasteiger partial charge in [-0.25, -0.2) is 4.39 Å². The first-order valence-electron chi connectivity index (χ1n) is 5.63. The number of nitrogens with one attached hydrogen (secondary N) is 1. The van der Waals surface area contributed by atoms with E-state index in [0.717, 1.165) is 18.9 Å². The van der Waals surface area contributed by atoms with Gasteiger partial charge in [0, 0.05) is 12.1 Å². The molecular weight excluding hydrogens is 223 g/mol. The largest absolute Gasteiger partial charge is 0.380 e. The molecule has 1 atom stereocenters. The van der Waals surface area contributed by atoms with E-state index in [2.05, 4.69) is 12.2 Å². The summed E-state index contributed by atoms with van der Waals surface area (Å²) in [4.78, 5) is 9.88. The van der Waals surface area contributed by atoms with Crippen molar-refractivity contribution in [2.24, 2.45) is 5.41 Å². The Morgan fingerprint density at radius 2 is 2.18 bits per heavy atom. The highest BCUT2D eigenvalue weighted by Gasteiger charge is 2.42. The van der Waals surface area contributed by atoms with Gasteiger partial charge in [0.2, 0.25) is 0 Å². The van der Waals surface area contributed by atoms with Crippen molar-refractivity contribution in [3.05, 3.63) is 34.1 Å². The van der Waals surface area contributed by atoms with E-state index in [1.807, 2.05) is 6.92 Å². The smallest absolute Gasteiger partial charge is 0.272 e. The molecule has 0 aliphatic heterocycles. The highest BCUT2D eigenvalue weighted by molar-refractivity contribution is 5.51. The van der Waals surface area contributed by atoms with Crippen LogP contribution in [-0.2, 0) is 0 Å². The molecule has 1 aromatic rings. The van der Waals surface area contributed by atoms with Crippen molar-refractivity contribution in [3.63, 3.8) is 0 Å². The molecule has 0 aromatic heterocycles. The molecule has 1 N–H and O–H groups in total. The highest BCUT2D eigenvalue weighted by Crippen LogP contribution is 2.48. The Kier molecular flexibility index (Phi) is 2.77. The summed E-state index contributed by atoms with van der Waals surface area (Å²) in [6.07, 6.45) is 2.27. The van der Waals surface area contributed by atoms with Crippen LogP contribution in [0.4, 0.5) is 15.8 Å². The molecule has 92 valence electrons. The van der Waals surface area contributed by atoms with Crippen molar-refractivity contribution >= 4 is 11.4 Å². The van der Waals surface area contributed by atoms with Crippen LogP contribution in [0, 0.1) is 21.3 Å². The summed E-state index contributed by atoms with van der Waals surface area (Å²) in [6.45, 7) is 4.15. The van der Waals surface area contributed by atoms with E-state index in [9.17, 15) is 14.5 Å². The van der Waals surface area contributed by atoms with Crippen LogP contribution in [0.3, 0.4) is 0 Å². The molecule has 1 saturated carbocycles. The van der Waals surface area contributed by atoms with Gasteiger partial charge in [0.15, 0.2) is 5.82 Å². The summed E-state index contributed by atoms with van der Waals surface area (Å²) < 4.78 is 13.6. The molecule has 2 rings (SSSR count). The van der Waals surface area contributed by atoms with Gasteiger partial charge in [0.05, 0.1) is 16.7 Å². The molecule has 1 unspecified atom stereocenters. The molecule has 0 spiro atoms. The minimum Gasteiger partial charge on any atom is -0.380 e. The number of benzene rings is 1. The monoisotopic (exact) mass is 238 g/mol. The van der Waals surface area contributed by atoms with Crippen molar-refractivity contribution in [1.82, 2.24) is 0 Å². The predicted octanol–water partition coefficient (Wildman–Crippen LogP) is 3.33. The molecule has 1 fully saturated rings. The second kappa shape index (κ2) is 3.98. The fourth-order valence-electron chi connectivity index (χ4n) is 1.77. The third-order valence-electron chi connectivity index (χ3n) is 3.62. The van der Waals surface area contributed by atoms with Gasteiger partial charge in [0.25, 0.3) is 5.69 Å². The van der Waals surface area contributed by atoms with Gasteiger partial charge < -0.3 is 5.32 Å². The van der Waals surface area contributed by atoms with Gasteiger partial charge in [-0.2, -0.15) is 0 Å². The average molecular weight is 238 g/mol. The second-order valence-electron chi connectivity index (χ2n) is 4.94. The summed E-state index contributed by atoms with van der Waals surface area (Å²) in [7, 11) is 0. The standard InChI is InChI=1S/C12H15FN2O2/c1-8(12(2)5-6-12)14-11-4-3-9(15(16)17)7-10(11)13/h3-4,7-8,14H,5-6H2,1-2H3. The maximum absolute atomic E-state index is 13.6. The van der Waals surface area contributed by atoms with Gasteiger partial charge in [-0.05, 0) is 31.2 Å². The van der Waals surface area contributed by atoms with Crippen LogP contribution < -0.4 is 5.32 Å². The maximum atomic E-state index is 13.6. The molecule has 1 aliphatic rings. The van der Waals surface area contributed by atoms with Crippen LogP contribution in [0.15, 0.2) is 18.2 Å². The number of halogens is 1. The van der Waals surface area contributed by atoms with Crippen LogP contribution >= 0.6 is 0 Å². The Labute approximate surface area is 99.0 Å². The summed E-state index contributed by atoms with van der Waals surface area (Å²) >= 11 is 0. The average Bonchev–Trinajstić information content (AvgIpc) is 3.00. The summed E-state index contributed by atoms with van der Waals surface area (Å²) in [5.74, 6) is -0.574.